The number of nitrogens with zero attached hydrogens (tertiary/aromatic N) is 3. The molecule has 0 aliphatic carbocycles. The number of amides is 1. The highest BCUT2D eigenvalue weighted by Gasteiger charge is 2.35. The Labute approximate surface area is 168 Å². The van der Waals surface area contributed by atoms with Crippen LogP contribution < -0.4 is 10.2 Å². The van der Waals surface area contributed by atoms with Crippen LogP contribution in [0.1, 0.15) is 39.7 Å². The highest BCUT2D eigenvalue weighted by Crippen LogP contribution is 2.24. The molecule has 2 heterocycles. The average molecular weight is 389 g/mol. The van der Waals surface area contributed by atoms with Crippen molar-refractivity contribution in [3.05, 3.63) is 29.8 Å². The number of anilines is 1. The first-order valence-electron chi connectivity index (χ1n) is 9.86. The number of hydrogen-bond acceptors (Lipinski definition) is 3. The third-order valence-corrected chi connectivity index (χ3v) is 6.00. The van der Waals surface area contributed by atoms with E-state index < -0.39 is 0 Å². The summed E-state index contributed by atoms with van der Waals surface area (Å²) in [7, 11) is 0. The summed E-state index contributed by atoms with van der Waals surface area (Å²) in [5, 5.41) is 4.06. The third kappa shape index (κ3) is 4.54. The smallest absolute Gasteiger partial charge is 0.242 e. The van der Waals surface area contributed by atoms with Crippen molar-refractivity contribution >= 4 is 28.9 Å². The molecule has 1 amide bonds. The normalized spacial score (nSPS) is 25.4. The number of piperazine rings is 1. The maximum Gasteiger partial charge on any atom is 0.242 e. The Morgan fingerprint density at radius 3 is 2.63 bits per heavy atom. The number of nitrogens with one attached hydrogen (secondary N) is 1. The van der Waals surface area contributed by atoms with E-state index in [4.69, 9.17) is 12.2 Å². The van der Waals surface area contributed by atoms with Crippen LogP contribution in [0.2, 0.25) is 0 Å². The summed E-state index contributed by atoms with van der Waals surface area (Å²) in [6.45, 7) is 13.5. The minimum absolute atomic E-state index is 0.00992. The predicted octanol–water partition coefficient (Wildman–Crippen LogP) is 2.78. The molecule has 0 unspecified atom stereocenters. The number of hydrogen-bond donors (Lipinski definition) is 1. The van der Waals surface area contributed by atoms with Crippen molar-refractivity contribution in [3.8, 4) is 0 Å². The summed E-state index contributed by atoms with van der Waals surface area (Å²) in [6, 6.07) is 9.15. The molecule has 0 radical (unpaired) electrons. The van der Waals surface area contributed by atoms with Gasteiger partial charge in [-0.1, -0.05) is 12.1 Å². The van der Waals surface area contributed by atoms with Gasteiger partial charge in [-0.3, -0.25) is 4.79 Å². The van der Waals surface area contributed by atoms with Gasteiger partial charge in [-0.05, 0) is 71.0 Å². The highest BCUT2D eigenvalue weighted by molar-refractivity contribution is 7.80. The third-order valence-electron chi connectivity index (χ3n) is 5.66. The van der Waals surface area contributed by atoms with Gasteiger partial charge in [-0.25, -0.2) is 0 Å². The standard InChI is InChI=1S/C21H32N4OS/c1-15-7-6-8-18(11-15)24-10-9-23(13-17(24)3)19(26)14-25-16(2)12-21(4,5)22-20(25)27/h6-8,11,16-17H,9-10,12-14H2,1-5H3,(H,22,27)/t16-,17-/m1/s1. The predicted molar refractivity (Wildman–Crippen MR) is 115 cm³/mol. The molecule has 0 bridgehead atoms. The Balaban J connectivity index is 1.60. The van der Waals surface area contributed by atoms with Crippen LogP contribution in [0.5, 0.6) is 0 Å². The van der Waals surface area contributed by atoms with E-state index in [1.807, 2.05) is 9.80 Å². The van der Waals surface area contributed by atoms with Crippen LogP contribution in [0.4, 0.5) is 5.69 Å². The Bertz CT molecular complexity index is 720. The maximum absolute atomic E-state index is 12.9. The molecule has 1 aromatic carbocycles. The van der Waals surface area contributed by atoms with Gasteiger partial charge in [0, 0.05) is 42.9 Å². The monoisotopic (exact) mass is 388 g/mol. The topological polar surface area (TPSA) is 38.8 Å². The highest BCUT2D eigenvalue weighted by atomic mass is 32.1. The summed E-state index contributed by atoms with van der Waals surface area (Å²) in [5.41, 5.74) is 2.50. The largest absolute Gasteiger partial charge is 0.365 e. The first kappa shape index (κ1) is 19.9. The van der Waals surface area contributed by atoms with E-state index in [-0.39, 0.29) is 17.5 Å². The molecule has 6 heteroatoms. The molecule has 1 aromatic rings. The van der Waals surface area contributed by atoms with Gasteiger partial charge < -0.3 is 20.0 Å². The van der Waals surface area contributed by atoms with Gasteiger partial charge in [-0.15, -0.1) is 0 Å². The SMILES string of the molecule is Cc1cccc(N2CCN(C(=O)CN3C(=S)NC(C)(C)C[C@H]3C)C[C@H]2C)c1. The quantitative estimate of drug-likeness (QED) is 0.806. The number of benzene rings is 1. The average Bonchev–Trinajstić information content (AvgIpc) is 2.57. The maximum atomic E-state index is 12.9. The zero-order valence-electron chi connectivity index (χ0n) is 17.2. The lowest BCUT2D eigenvalue weighted by Gasteiger charge is -2.46. The minimum atomic E-state index is -0.00992. The lowest BCUT2D eigenvalue weighted by Crippen LogP contribution is -2.63. The molecule has 5 nitrogen and oxygen atoms in total. The molecule has 2 aliphatic rings. The first-order valence-corrected chi connectivity index (χ1v) is 10.3. The van der Waals surface area contributed by atoms with Crippen LogP contribution in [0, 0.1) is 6.92 Å². The Hall–Kier alpha value is -1.82. The fourth-order valence-electron chi connectivity index (χ4n) is 4.31. The van der Waals surface area contributed by atoms with Crippen molar-refractivity contribution < 1.29 is 4.79 Å². The van der Waals surface area contributed by atoms with Gasteiger partial charge in [-0.2, -0.15) is 0 Å². The van der Waals surface area contributed by atoms with E-state index in [1.54, 1.807) is 0 Å². The summed E-state index contributed by atoms with van der Waals surface area (Å²) < 4.78 is 0. The summed E-state index contributed by atoms with van der Waals surface area (Å²) in [5.74, 6) is 0.168. The van der Waals surface area contributed by atoms with E-state index in [2.05, 4.69) is 69.1 Å². The van der Waals surface area contributed by atoms with Gasteiger partial charge in [0.2, 0.25) is 5.91 Å². The molecule has 0 aromatic heterocycles. The van der Waals surface area contributed by atoms with Crippen molar-refractivity contribution in [2.45, 2.75) is 58.7 Å². The van der Waals surface area contributed by atoms with Gasteiger partial charge in [0.1, 0.15) is 0 Å². The van der Waals surface area contributed by atoms with Gasteiger partial charge in [0.25, 0.3) is 0 Å². The van der Waals surface area contributed by atoms with Gasteiger partial charge >= 0.3 is 0 Å². The first-order chi connectivity index (χ1) is 12.7. The molecular formula is C21H32N4OS. The van der Waals surface area contributed by atoms with E-state index in [0.717, 1.165) is 26.1 Å². The molecule has 148 valence electrons. The second kappa shape index (κ2) is 7.66. The van der Waals surface area contributed by atoms with E-state index in [1.165, 1.54) is 11.3 Å². The van der Waals surface area contributed by atoms with Gasteiger partial charge in [0.05, 0.1) is 6.54 Å². The van der Waals surface area contributed by atoms with Gasteiger partial charge in [0.15, 0.2) is 5.11 Å². The van der Waals surface area contributed by atoms with E-state index in [0.29, 0.717) is 17.7 Å². The second-order valence-electron chi connectivity index (χ2n) is 8.72. The molecule has 0 spiro atoms. The molecule has 2 fully saturated rings. The number of carbonyl (C=O) groups excluding carboxylic acids is 1. The van der Waals surface area contributed by atoms with Crippen molar-refractivity contribution in [3.63, 3.8) is 0 Å². The van der Waals surface area contributed by atoms with Crippen LogP contribution in [0.25, 0.3) is 0 Å². The molecule has 2 aliphatic heterocycles. The Morgan fingerprint density at radius 2 is 2.00 bits per heavy atom. The zero-order chi connectivity index (χ0) is 19.8. The van der Waals surface area contributed by atoms with Crippen molar-refractivity contribution in [2.24, 2.45) is 0 Å². The Morgan fingerprint density at radius 1 is 1.26 bits per heavy atom. The zero-order valence-corrected chi connectivity index (χ0v) is 18.0. The van der Waals surface area contributed by atoms with Crippen molar-refractivity contribution in [2.75, 3.05) is 31.1 Å². The lowest BCUT2D eigenvalue weighted by atomic mass is 9.93. The molecule has 2 saturated heterocycles. The second-order valence-corrected chi connectivity index (χ2v) is 9.10. The van der Waals surface area contributed by atoms with Crippen LogP contribution >= 0.6 is 12.2 Å². The number of rotatable bonds is 3. The molecule has 3 rings (SSSR count). The fraction of sp³-hybridized carbons (Fsp3) is 0.619. The molecular weight excluding hydrogens is 356 g/mol. The lowest BCUT2D eigenvalue weighted by molar-refractivity contribution is -0.132. The van der Waals surface area contributed by atoms with Crippen molar-refractivity contribution in [1.29, 1.82) is 0 Å². The number of carbonyl (C=O) groups is 1. The van der Waals surface area contributed by atoms with Crippen LogP contribution in [-0.4, -0.2) is 64.6 Å². The number of aryl methyl sites for hydroxylation is 1. The molecule has 2 atom stereocenters. The van der Waals surface area contributed by atoms with Crippen LogP contribution in [0.15, 0.2) is 24.3 Å². The van der Waals surface area contributed by atoms with Crippen molar-refractivity contribution in [1.82, 2.24) is 15.1 Å². The molecule has 27 heavy (non-hydrogen) atoms. The fourth-order valence-corrected chi connectivity index (χ4v) is 4.83. The number of thiocarbonyl (C=S) groups is 1. The molecule has 1 N–H and O–H groups in total. The summed E-state index contributed by atoms with van der Waals surface area (Å²) >= 11 is 5.53. The minimum Gasteiger partial charge on any atom is -0.365 e. The van der Waals surface area contributed by atoms with Crippen LogP contribution in [-0.2, 0) is 4.79 Å². The summed E-state index contributed by atoms with van der Waals surface area (Å²) in [6.07, 6.45) is 0.970. The Kier molecular flexibility index (Phi) is 5.65. The van der Waals surface area contributed by atoms with Crippen LogP contribution in [0.3, 0.4) is 0 Å². The summed E-state index contributed by atoms with van der Waals surface area (Å²) in [4.78, 5) is 19.4. The molecule has 0 saturated carbocycles. The van der Waals surface area contributed by atoms with E-state index >= 15 is 0 Å². The van der Waals surface area contributed by atoms with E-state index in [9.17, 15) is 4.79 Å².